The molecule has 1 fully saturated rings. The van der Waals surface area contributed by atoms with Crippen LogP contribution in [0.2, 0.25) is 0 Å². The molecule has 2 heteroatoms. The molecule has 0 bridgehead atoms. The lowest BCUT2D eigenvalue weighted by Crippen LogP contribution is -2.04. The Labute approximate surface area is 187 Å². The first-order chi connectivity index (χ1) is 15.4. The van der Waals surface area contributed by atoms with E-state index in [-0.39, 0.29) is 0 Å². The minimum atomic E-state index is 0.692. The van der Waals surface area contributed by atoms with E-state index in [4.69, 9.17) is 4.98 Å². The smallest absolute Gasteiger partial charge is 0.0719 e. The van der Waals surface area contributed by atoms with Crippen molar-refractivity contribution < 1.29 is 0 Å². The number of benzene rings is 3. The summed E-state index contributed by atoms with van der Waals surface area (Å²) in [5.41, 5.74) is 6.41. The lowest BCUT2D eigenvalue weighted by molar-refractivity contribution is 0.443. The summed E-state index contributed by atoms with van der Waals surface area (Å²) in [6.45, 7) is 0. The van der Waals surface area contributed by atoms with E-state index in [9.17, 15) is 0 Å². The molecule has 1 nitrogen and oxygen atoms in total. The fourth-order valence-corrected chi connectivity index (χ4v) is 6.42. The Morgan fingerprint density at radius 3 is 2.39 bits per heavy atom. The number of thiophene rings is 1. The van der Waals surface area contributed by atoms with Crippen LogP contribution in [0.15, 0.2) is 85.1 Å². The highest BCUT2D eigenvalue weighted by Gasteiger charge is 2.19. The third kappa shape index (κ3) is 3.36. The summed E-state index contributed by atoms with van der Waals surface area (Å²) in [5, 5.41) is 2.70. The Balaban J connectivity index is 1.57. The molecule has 0 amide bonds. The molecule has 152 valence electrons. The van der Waals surface area contributed by atoms with Crippen molar-refractivity contribution in [2.45, 2.75) is 38.0 Å². The van der Waals surface area contributed by atoms with Crippen LogP contribution in [0, 0.1) is 0 Å². The molecule has 1 saturated carbocycles. The first-order valence-electron chi connectivity index (χ1n) is 11.3. The predicted octanol–water partition coefficient (Wildman–Crippen LogP) is 8.83. The number of pyridine rings is 1. The molecule has 1 aliphatic rings. The Bertz CT molecular complexity index is 1360. The second kappa shape index (κ2) is 7.94. The molecule has 0 saturated heterocycles. The normalized spacial score (nSPS) is 15.0. The van der Waals surface area contributed by atoms with E-state index in [1.165, 1.54) is 74.5 Å². The van der Waals surface area contributed by atoms with Gasteiger partial charge in [-0.05, 0) is 53.6 Å². The molecule has 0 N–H and O–H groups in total. The highest BCUT2D eigenvalue weighted by molar-refractivity contribution is 7.26. The van der Waals surface area contributed by atoms with E-state index in [1.807, 2.05) is 17.5 Å². The van der Waals surface area contributed by atoms with Crippen LogP contribution in [0.5, 0.6) is 0 Å². The summed E-state index contributed by atoms with van der Waals surface area (Å²) >= 11 is 1.89. The van der Waals surface area contributed by atoms with Crippen LogP contribution < -0.4 is 0 Å². The molecule has 2 heterocycles. The van der Waals surface area contributed by atoms with E-state index < -0.39 is 0 Å². The second-order valence-electron chi connectivity index (χ2n) is 8.64. The maximum atomic E-state index is 4.83. The Hall–Kier alpha value is -2.97. The summed E-state index contributed by atoms with van der Waals surface area (Å²) in [6, 6.07) is 28.7. The van der Waals surface area contributed by atoms with Gasteiger partial charge in [0.15, 0.2) is 0 Å². The highest BCUT2D eigenvalue weighted by atomic mass is 32.1. The van der Waals surface area contributed by atoms with Crippen molar-refractivity contribution >= 4 is 31.5 Å². The van der Waals surface area contributed by atoms with Crippen LogP contribution in [0.4, 0.5) is 0 Å². The lowest BCUT2D eigenvalue weighted by atomic mass is 9.84. The van der Waals surface area contributed by atoms with Gasteiger partial charge in [-0.25, -0.2) is 0 Å². The highest BCUT2D eigenvalue weighted by Crippen LogP contribution is 2.44. The summed E-state index contributed by atoms with van der Waals surface area (Å²) < 4.78 is 2.68. The quantitative estimate of drug-likeness (QED) is 0.285. The Morgan fingerprint density at radius 2 is 1.52 bits per heavy atom. The van der Waals surface area contributed by atoms with Crippen LogP contribution in [0.25, 0.3) is 42.6 Å². The number of hydrogen-bond acceptors (Lipinski definition) is 2. The van der Waals surface area contributed by atoms with Crippen molar-refractivity contribution in [3.05, 3.63) is 90.6 Å². The SMILES string of the molecule is c1ccc(-c2ccc(-c3cc(C4CCCCC4)ccn3)c3sc4ccccc4c23)cc1. The fourth-order valence-electron chi connectivity index (χ4n) is 5.17. The van der Waals surface area contributed by atoms with Crippen LogP contribution in [0.1, 0.15) is 43.6 Å². The fraction of sp³-hybridized carbons (Fsp3) is 0.207. The molecule has 0 spiro atoms. The van der Waals surface area contributed by atoms with Gasteiger partial charge in [-0.2, -0.15) is 0 Å². The maximum absolute atomic E-state index is 4.83. The van der Waals surface area contributed by atoms with E-state index >= 15 is 0 Å². The van der Waals surface area contributed by atoms with Gasteiger partial charge in [0, 0.05) is 31.9 Å². The number of nitrogens with zero attached hydrogens (tertiary/aromatic N) is 1. The van der Waals surface area contributed by atoms with Gasteiger partial charge in [0.25, 0.3) is 0 Å². The summed E-state index contributed by atoms with van der Waals surface area (Å²) in [5.74, 6) is 0.692. The zero-order valence-electron chi connectivity index (χ0n) is 17.6. The molecule has 3 aromatic carbocycles. The van der Waals surface area contributed by atoms with Gasteiger partial charge in [0.05, 0.1) is 5.69 Å². The summed E-state index contributed by atoms with van der Waals surface area (Å²) in [4.78, 5) is 4.83. The van der Waals surface area contributed by atoms with E-state index in [1.54, 1.807) is 0 Å². The van der Waals surface area contributed by atoms with Crippen molar-refractivity contribution in [3.8, 4) is 22.4 Å². The second-order valence-corrected chi connectivity index (χ2v) is 9.69. The van der Waals surface area contributed by atoms with Gasteiger partial charge in [-0.3, -0.25) is 4.98 Å². The number of rotatable bonds is 3. The zero-order valence-corrected chi connectivity index (χ0v) is 18.4. The molecule has 0 atom stereocenters. The monoisotopic (exact) mass is 419 g/mol. The molecular weight excluding hydrogens is 394 g/mol. The number of fused-ring (bicyclic) bond motifs is 3. The molecule has 6 rings (SSSR count). The average Bonchev–Trinajstić information content (AvgIpc) is 3.24. The number of aromatic nitrogens is 1. The lowest BCUT2D eigenvalue weighted by Gasteiger charge is -2.22. The molecule has 0 radical (unpaired) electrons. The minimum Gasteiger partial charge on any atom is -0.256 e. The molecule has 31 heavy (non-hydrogen) atoms. The average molecular weight is 420 g/mol. The van der Waals surface area contributed by atoms with Gasteiger partial charge < -0.3 is 0 Å². The van der Waals surface area contributed by atoms with Gasteiger partial charge in [-0.15, -0.1) is 11.3 Å². The largest absolute Gasteiger partial charge is 0.256 e. The standard InChI is InChI=1S/C29H25NS/c1-3-9-20(10-4-1)22-17-18-30-26(19-22)24-16-15-23(21-11-5-2-6-12-21)28-25-13-7-8-14-27(25)31-29(24)28/h2,5-8,11-20H,1,3-4,9-10H2. The van der Waals surface area contributed by atoms with Crippen molar-refractivity contribution in [1.82, 2.24) is 4.98 Å². The van der Waals surface area contributed by atoms with Crippen LogP contribution >= 0.6 is 11.3 Å². The van der Waals surface area contributed by atoms with Crippen LogP contribution in [-0.4, -0.2) is 4.98 Å². The summed E-state index contributed by atoms with van der Waals surface area (Å²) in [7, 11) is 0. The van der Waals surface area contributed by atoms with Crippen LogP contribution in [0.3, 0.4) is 0 Å². The van der Waals surface area contributed by atoms with E-state index in [2.05, 4.69) is 78.9 Å². The first-order valence-corrected chi connectivity index (χ1v) is 12.2. The Kier molecular flexibility index (Phi) is 4.81. The van der Waals surface area contributed by atoms with Gasteiger partial charge in [0.2, 0.25) is 0 Å². The van der Waals surface area contributed by atoms with Gasteiger partial charge in [0.1, 0.15) is 0 Å². The van der Waals surface area contributed by atoms with E-state index in [0.29, 0.717) is 5.92 Å². The molecule has 2 aromatic heterocycles. The minimum absolute atomic E-state index is 0.692. The molecular formula is C29H25NS. The first kappa shape index (κ1) is 18.8. The number of hydrogen-bond donors (Lipinski definition) is 0. The molecule has 5 aromatic rings. The summed E-state index contributed by atoms with van der Waals surface area (Å²) in [6.07, 6.45) is 8.74. The van der Waals surface area contributed by atoms with Gasteiger partial charge >= 0.3 is 0 Å². The molecule has 0 unspecified atom stereocenters. The van der Waals surface area contributed by atoms with Crippen LogP contribution in [-0.2, 0) is 0 Å². The maximum Gasteiger partial charge on any atom is 0.0719 e. The van der Waals surface area contributed by atoms with Gasteiger partial charge in [-0.1, -0.05) is 79.9 Å². The molecule has 0 aliphatic heterocycles. The van der Waals surface area contributed by atoms with Crippen molar-refractivity contribution in [2.24, 2.45) is 0 Å². The van der Waals surface area contributed by atoms with Crippen molar-refractivity contribution in [3.63, 3.8) is 0 Å². The van der Waals surface area contributed by atoms with Crippen molar-refractivity contribution in [1.29, 1.82) is 0 Å². The zero-order chi connectivity index (χ0) is 20.6. The van der Waals surface area contributed by atoms with E-state index in [0.717, 1.165) is 5.69 Å². The third-order valence-electron chi connectivity index (χ3n) is 6.75. The molecule has 1 aliphatic carbocycles. The third-order valence-corrected chi connectivity index (χ3v) is 7.95. The van der Waals surface area contributed by atoms with Crippen molar-refractivity contribution in [2.75, 3.05) is 0 Å². The topological polar surface area (TPSA) is 12.9 Å². The predicted molar refractivity (Wildman–Crippen MR) is 134 cm³/mol. The Morgan fingerprint density at radius 1 is 0.742 bits per heavy atom.